The van der Waals surface area contributed by atoms with Gasteiger partial charge in [0.2, 0.25) is 0 Å². The van der Waals surface area contributed by atoms with Gasteiger partial charge in [0.25, 0.3) is 0 Å². The summed E-state index contributed by atoms with van der Waals surface area (Å²) in [7, 11) is 1.39. The van der Waals surface area contributed by atoms with Gasteiger partial charge < -0.3 is 19.3 Å². The maximum Gasteiger partial charge on any atom is 0.410 e. The summed E-state index contributed by atoms with van der Waals surface area (Å²) in [4.78, 5) is 42.3. The molecule has 0 N–H and O–H groups in total. The van der Waals surface area contributed by atoms with Gasteiger partial charge in [-0.25, -0.2) is 9.59 Å². The lowest BCUT2D eigenvalue weighted by molar-refractivity contribution is -0.140. The number of aryl methyl sites for hydroxylation is 1. The molecule has 0 bridgehead atoms. The second-order valence-electron chi connectivity index (χ2n) is 10.4. The van der Waals surface area contributed by atoms with Crippen LogP contribution in [-0.4, -0.2) is 72.8 Å². The van der Waals surface area contributed by atoms with Crippen molar-refractivity contribution in [3.63, 3.8) is 0 Å². The number of anilines is 1. The highest BCUT2D eigenvalue weighted by molar-refractivity contribution is 5.94. The average Bonchev–Trinajstić information content (AvgIpc) is 3.08. The molecule has 8 nitrogen and oxygen atoms in total. The van der Waals surface area contributed by atoms with Gasteiger partial charge in [0.05, 0.1) is 7.11 Å². The zero-order chi connectivity index (χ0) is 24.9. The molecule has 0 radical (unpaired) electrons. The van der Waals surface area contributed by atoms with Crippen LogP contribution in [0.4, 0.5) is 15.3 Å². The molecule has 0 saturated carbocycles. The number of nitrogens with zero attached hydrogens (tertiary/aromatic N) is 3. The fourth-order valence-electron chi connectivity index (χ4n) is 4.56. The number of benzene rings is 1. The molecule has 2 aliphatic rings. The zero-order valence-electron chi connectivity index (χ0n) is 21.2. The summed E-state index contributed by atoms with van der Waals surface area (Å²) in [6.07, 6.45) is 3.55. The third kappa shape index (κ3) is 6.87. The van der Waals surface area contributed by atoms with Crippen LogP contribution < -0.4 is 4.90 Å². The number of likely N-dealkylation sites (tertiary alicyclic amines) is 1. The molecule has 1 unspecified atom stereocenters. The van der Waals surface area contributed by atoms with Crippen molar-refractivity contribution in [3.8, 4) is 0 Å². The van der Waals surface area contributed by atoms with Crippen LogP contribution in [0.1, 0.15) is 58.9 Å². The number of methoxy groups -OCH3 is 1. The molecule has 0 aliphatic carbocycles. The van der Waals surface area contributed by atoms with E-state index in [1.165, 1.54) is 7.11 Å². The van der Waals surface area contributed by atoms with Gasteiger partial charge in [-0.05, 0) is 77.0 Å². The first-order valence-corrected chi connectivity index (χ1v) is 12.3. The molecule has 8 heteroatoms. The molecule has 0 aromatic heterocycles. The second kappa shape index (κ2) is 11.1. The molecule has 2 fully saturated rings. The normalized spacial score (nSPS) is 19.5. The number of ether oxygens (including phenoxy) is 2. The molecule has 1 aromatic rings. The maximum absolute atomic E-state index is 13.1. The number of urea groups is 1. The van der Waals surface area contributed by atoms with Gasteiger partial charge in [-0.3, -0.25) is 9.69 Å². The molecule has 3 amide bonds. The summed E-state index contributed by atoms with van der Waals surface area (Å²) in [6.45, 7) is 10.5. The van der Waals surface area contributed by atoms with Gasteiger partial charge in [0, 0.05) is 44.3 Å². The Morgan fingerprint density at radius 3 is 2.32 bits per heavy atom. The quantitative estimate of drug-likeness (QED) is 0.546. The fourth-order valence-corrected chi connectivity index (χ4v) is 4.56. The number of piperidine rings is 1. The molecule has 188 valence electrons. The first-order valence-electron chi connectivity index (χ1n) is 12.3. The lowest BCUT2D eigenvalue weighted by atomic mass is 9.93. The van der Waals surface area contributed by atoms with Crippen molar-refractivity contribution < 1.29 is 23.9 Å². The van der Waals surface area contributed by atoms with E-state index in [-0.39, 0.29) is 24.1 Å². The summed E-state index contributed by atoms with van der Waals surface area (Å²) in [5.74, 6) is 0.278. The topological polar surface area (TPSA) is 79.4 Å². The van der Waals surface area contributed by atoms with E-state index in [1.54, 1.807) is 4.90 Å². The molecule has 2 heterocycles. The molecular weight excluding hydrogens is 434 g/mol. The third-order valence-electron chi connectivity index (χ3n) is 6.59. The van der Waals surface area contributed by atoms with Crippen LogP contribution >= 0.6 is 0 Å². The van der Waals surface area contributed by atoms with Crippen molar-refractivity contribution in [3.05, 3.63) is 29.8 Å². The fraction of sp³-hybridized carbons (Fsp3) is 0.654. The van der Waals surface area contributed by atoms with Crippen LogP contribution in [0.15, 0.2) is 24.3 Å². The van der Waals surface area contributed by atoms with Gasteiger partial charge in [-0.1, -0.05) is 12.1 Å². The summed E-state index contributed by atoms with van der Waals surface area (Å²) < 4.78 is 10.2. The summed E-state index contributed by atoms with van der Waals surface area (Å²) in [5.41, 5.74) is 1.45. The lowest BCUT2D eigenvalue weighted by Gasteiger charge is -2.34. The smallest absolute Gasteiger partial charge is 0.410 e. The molecular formula is C26H39N3O5. The summed E-state index contributed by atoms with van der Waals surface area (Å²) in [5, 5.41) is 0. The Balaban J connectivity index is 1.47. The number of hydrogen-bond donors (Lipinski definition) is 0. The Kier molecular flexibility index (Phi) is 8.44. The van der Waals surface area contributed by atoms with Crippen molar-refractivity contribution in [2.75, 3.05) is 38.2 Å². The minimum atomic E-state index is -0.477. The number of carbonyl (C=O) groups excluding carboxylic acids is 3. The third-order valence-corrected chi connectivity index (χ3v) is 6.59. The van der Waals surface area contributed by atoms with E-state index in [2.05, 4.69) is 6.92 Å². The van der Waals surface area contributed by atoms with Gasteiger partial charge in [0.1, 0.15) is 5.60 Å². The van der Waals surface area contributed by atoms with Crippen LogP contribution in [0.25, 0.3) is 0 Å². The van der Waals surface area contributed by atoms with Crippen LogP contribution in [0.5, 0.6) is 0 Å². The largest absolute Gasteiger partial charge is 0.469 e. The number of hydrogen-bond acceptors (Lipinski definition) is 5. The van der Waals surface area contributed by atoms with Crippen LogP contribution in [0.3, 0.4) is 0 Å². The van der Waals surface area contributed by atoms with E-state index in [9.17, 15) is 14.4 Å². The Morgan fingerprint density at radius 1 is 1.09 bits per heavy atom. The first-order chi connectivity index (χ1) is 16.1. The van der Waals surface area contributed by atoms with Crippen molar-refractivity contribution in [1.29, 1.82) is 0 Å². The second-order valence-corrected chi connectivity index (χ2v) is 10.4. The maximum atomic E-state index is 13.1. The van der Waals surface area contributed by atoms with E-state index in [4.69, 9.17) is 9.47 Å². The van der Waals surface area contributed by atoms with Crippen molar-refractivity contribution in [2.45, 2.75) is 71.4 Å². The number of amides is 3. The Labute approximate surface area is 203 Å². The van der Waals surface area contributed by atoms with Crippen LogP contribution in [-0.2, 0) is 20.7 Å². The molecule has 0 spiro atoms. The van der Waals surface area contributed by atoms with Gasteiger partial charge in [-0.15, -0.1) is 0 Å². The van der Waals surface area contributed by atoms with E-state index >= 15 is 0 Å². The van der Waals surface area contributed by atoms with Crippen LogP contribution in [0, 0.1) is 5.92 Å². The SMILES string of the molecule is COC(=O)CCc1ccc(N2CC(C)N(CCC3CCN(C(=O)OC(C)(C)C)CC3)C2=O)cc1. The minimum Gasteiger partial charge on any atom is -0.469 e. The predicted octanol–water partition coefficient (Wildman–Crippen LogP) is 4.46. The standard InChI is InChI=1S/C26H39N3O5/c1-19-18-29(22-9-6-20(7-10-22)8-11-23(30)33-5)24(31)28(19)17-14-21-12-15-27(16-13-21)25(32)34-26(2,3)4/h6-7,9-10,19,21H,8,11-18H2,1-5H3. The lowest BCUT2D eigenvalue weighted by Crippen LogP contribution is -2.42. The molecule has 1 aromatic carbocycles. The van der Waals surface area contributed by atoms with Crippen molar-refractivity contribution >= 4 is 23.8 Å². The van der Waals surface area contributed by atoms with E-state index < -0.39 is 5.60 Å². The van der Waals surface area contributed by atoms with E-state index in [0.717, 1.165) is 37.1 Å². The predicted molar refractivity (Wildman–Crippen MR) is 131 cm³/mol. The van der Waals surface area contributed by atoms with Gasteiger partial charge in [0.15, 0.2) is 0 Å². The Hall–Kier alpha value is -2.77. The van der Waals surface area contributed by atoms with Gasteiger partial charge >= 0.3 is 18.1 Å². The molecule has 2 aliphatic heterocycles. The minimum absolute atomic E-state index is 0.0426. The van der Waals surface area contributed by atoms with E-state index in [1.807, 2.05) is 54.8 Å². The first kappa shape index (κ1) is 25.8. The Morgan fingerprint density at radius 2 is 1.74 bits per heavy atom. The number of rotatable bonds is 7. The summed E-state index contributed by atoms with van der Waals surface area (Å²) >= 11 is 0. The van der Waals surface area contributed by atoms with Crippen molar-refractivity contribution in [2.24, 2.45) is 5.92 Å². The van der Waals surface area contributed by atoms with Crippen LogP contribution in [0.2, 0.25) is 0 Å². The number of carbonyl (C=O) groups is 3. The molecule has 2 saturated heterocycles. The molecule has 3 rings (SSSR count). The highest BCUT2D eigenvalue weighted by Gasteiger charge is 2.36. The van der Waals surface area contributed by atoms with Gasteiger partial charge in [-0.2, -0.15) is 0 Å². The van der Waals surface area contributed by atoms with Crippen molar-refractivity contribution in [1.82, 2.24) is 9.80 Å². The zero-order valence-corrected chi connectivity index (χ0v) is 21.2. The molecule has 1 atom stereocenters. The highest BCUT2D eigenvalue weighted by Crippen LogP contribution is 2.27. The number of esters is 1. The molecule has 34 heavy (non-hydrogen) atoms. The average molecular weight is 474 g/mol. The Bertz CT molecular complexity index is 856. The highest BCUT2D eigenvalue weighted by atomic mass is 16.6. The monoisotopic (exact) mass is 473 g/mol. The van der Waals surface area contributed by atoms with E-state index in [0.29, 0.717) is 38.4 Å². The summed E-state index contributed by atoms with van der Waals surface area (Å²) in [6, 6.07) is 8.03.